The van der Waals surface area contributed by atoms with E-state index in [1.165, 1.54) is 0 Å². The highest BCUT2D eigenvalue weighted by Gasteiger charge is 2.13. The zero-order chi connectivity index (χ0) is 18.1. The van der Waals surface area contributed by atoms with Gasteiger partial charge in [0.25, 0.3) is 0 Å². The maximum atomic E-state index is 12.3. The van der Waals surface area contributed by atoms with Crippen molar-refractivity contribution in [1.82, 2.24) is 4.72 Å². The molecule has 0 unspecified atom stereocenters. The minimum atomic E-state index is -3.55. The van der Waals surface area contributed by atoms with Crippen molar-refractivity contribution in [1.29, 1.82) is 0 Å². The first-order valence-corrected chi connectivity index (χ1v) is 9.98. The Hall–Kier alpha value is -1.76. The molecule has 0 saturated heterocycles. The van der Waals surface area contributed by atoms with Gasteiger partial charge in [-0.2, -0.15) is 0 Å². The number of rotatable bonds is 10. The molecule has 2 aromatic carbocycles. The SMILES string of the molecule is COc1cccc(OCCNS(=O)(=O)c2ccc(CCCCl)cc2)c1. The predicted octanol–water partition coefficient (Wildman–Crippen LogP) is 3.22. The Labute approximate surface area is 154 Å². The molecule has 0 heterocycles. The number of alkyl halides is 1. The number of hydrogen-bond donors (Lipinski definition) is 1. The largest absolute Gasteiger partial charge is 0.497 e. The number of nitrogens with one attached hydrogen (secondary N) is 1. The van der Waals surface area contributed by atoms with Crippen LogP contribution >= 0.6 is 11.6 Å². The normalized spacial score (nSPS) is 11.3. The van der Waals surface area contributed by atoms with Gasteiger partial charge < -0.3 is 9.47 Å². The van der Waals surface area contributed by atoms with Crippen molar-refractivity contribution >= 4 is 21.6 Å². The summed E-state index contributed by atoms with van der Waals surface area (Å²) in [5.74, 6) is 1.91. The molecule has 25 heavy (non-hydrogen) atoms. The van der Waals surface area contributed by atoms with Gasteiger partial charge in [0.2, 0.25) is 10.0 Å². The fourth-order valence-corrected chi connectivity index (χ4v) is 3.37. The van der Waals surface area contributed by atoms with Gasteiger partial charge in [-0.15, -0.1) is 11.6 Å². The second-order valence-corrected chi connectivity index (χ2v) is 7.51. The van der Waals surface area contributed by atoms with E-state index >= 15 is 0 Å². The van der Waals surface area contributed by atoms with Crippen LogP contribution in [0, 0.1) is 0 Å². The molecule has 136 valence electrons. The molecule has 2 rings (SSSR count). The molecule has 0 aliphatic heterocycles. The molecule has 0 aliphatic carbocycles. The minimum absolute atomic E-state index is 0.174. The van der Waals surface area contributed by atoms with Gasteiger partial charge in [0.15, 0.2) is 0 Å². The molecular formula is C18H22ClNO4S. The van der Waals surface area contributed by atoms with Crippen molar-refractivity contribution in [3.8, 4) is 11.5 Å². The Kier molecular flexibility index (Phi) is 7.55. The third-order valence-electron chi connectivity index (χ3n) is 3.54. The summed E-state index contributed by atoms with van der Waals surface area (Å²) in [6.45, 7) is 0.397. The van der Waals surface area contributed by atoms with Gasteiger partial charge in [-0.1, -0.05) is 18.2 Å². The molecule has 2 aromatic rings. The van der Waals surface area contributed by atoms with Crippen LogP contribution in [0.5, 0.6) is 11.5 Å². The molecule has 1 N–H and O–H groups in total. The highest BCUT2D eigenvalue weighted by molar-refractivity contribution is 7.89. The average molecular weight is 384 g/mol. The molecule has 0 bridgehead atoms. The molecule has 7 heteroatoms. The fraction of sp³-hybridized carbons (Fsp3) is 0.333. The number of hydrogen-bond acceptors (Lipinski definition) is 4. The lowest BCUT2D eigenvalue weighted by Gasteiger charge is -2.10. The van der Waals surface area contributed by atoms with Crippen molar-refractivity contribution in [2.45, 2.75) is 17.7 Å². The van der Waals surface area contributed by atoms with E-state index in [0.29, 0.717) is 17.4 Å². The van der Waals surface area contributed by atoms with Gasteiger partial charge in [0, 0.05) is 18.5 Å². The number of benzene rings is 2. The molecular weight excluding hydrogens is 362 g/mol. The summed E-state index contributed by atoms with van der Waals surface area (Å²) in [6, 6.07) is 14.0. The van der Waals surface area contributed by atoms with Crippen molar-refractivity contribution in [3.63, 3.8) is 0 Å². The fourth-order valence-electron chi connectivity index (χ4n) is 2.23. The number of ether oxygens (including phenoxy) is 2. The van der Waals surface area contributed by atoms with E-state index in [1.54, 1.807) is 31.4 Å². The molecule has 5 nitrogen and oxygen atoms in total. The lowest BCUT2D eigenvalue weighted by atomic mass is 10.1. The molecule has 0 spiro atoms. The van der Waals surface area contributed by atoms with Gasteiger partial charge in [0.05, 0.1) is 12.0 Å². The Morgan fingerprint density at radius 3 is 2.48 bits per heavy atom. The minimum Gasteiger partial charge on any atom is -0.497 e. The van der Waals surface area contributed by atoms with Gasteiger partial charge in [-0.3, -0.25) is 0 Å². The van der Waals surface area contributed by atoms with Gasteiger partial charge in [-0.05, 0) is 42.7 Å². The van der Waals surface area contributed by atoms with Crippen LogP contribution in [0.4, 0.5) is 0 Å². The highest BCUT2D eigenvalue weighted by atomic mass is 35.5. The number of methoxy groups -OCH3 is 1. The monoisotopic (exact) mass is 383 g/mol. The van der Waals surface area contributed by atoms with Gasteiger partial charge in [0.1, 0.15) is 18.1 Å². The second-order valence-electron chi connectivity index (χ2n) is 5.36. The van der Waals surface area contributed by atoms with Crippen LogP contribution in [0.15, 0.2) is 53.4 Å². The van der Waals surface area contributed by atoms with Crippen LogP contribution < -0.4 is 14.2 Å². The quantitative estimate of drug-likeness (QED) is 0.505. The summed E-state index contributed by atoms with van der Waals surface area (Å²) in [5, 5.41) is 0. The number of sulfonamides is 1. The molecule has 0 saturated carbocycles. The summed E-state index contributed by atoms with van der Waals surface area (Å²) in [7, 11) is -1.97. The van der Waals surface area contributed by atoms with E-state index in [2.05, 4.69) is 4.72 Å². The third kappa shape index (κ3) is 6.23. The number of aryl methyl sites for hydroxylation is 1. The van der Waals surface area contributed by atoms with E-state index in [-0.39, 0.29) is 18.0 Å². The third-order valence-corrected chi connectivity index (χ3v) is 5.28. The maximum Gasteiger partial charge on any atom is 0.240 e. The van der Waals surface area contributed by atoms with Gasteiger partial charge in [-0.25, -0.2) is 13.1 Å². The Balaban J connectivity index is 1.84. The molecule has 0 aliphatic rings. The first-order valence-electron chi connectivity index (χ1n) is 7.96. The Morgan fingerprint density at radius 2 is 1.80 bits per heavy atom. The van der Waals surface area contributed by atoms with Crippen LogP contribution in [-0.4, -0.2) is 34.6 Å². The van der Waals surface area contributed by atoms with Crippen LogP contribution in [0.3, 0.4) is 0 Å². The molecule has 0 amide bonds. The second kappa shape index (κ2) is 9.65. The first-order chi connectivity index (χ1) is 12.0. The first kappa shape index (κ1) is 19.6. The van der Waals surface area contributed by atoms with Crippen LogP contribution in [-0.2, 0) is 16.4 Å². The van der Waals surface area contributed by atoms with Crippen LogP contribution in [0.1, 0.15) is 12.0 Å². The summed E-state index contributed by atoms with van der Waals surface area (Å²) in [5.41, 5.74) is 1.07. The number of halogens is 1. The van der Waals surface area contributed by atoms with Crippen molar-refractivity contribution < 1.29 is 17.9 Å². The van der Waals surface area contributed by atoms with E-state index in [9.17, 15) is 8.42 Å². The van der Waals surface area contributed by atoms with E-state index in [4.69, 9.17) is 21.1 Å². The highest BCUT2D eigenvalue weighted by Crippen LogP contribution is 2.18. The molecule has 0 atom stereocenters. The topological polar surface area (TPSA) is 64.6 Å². The summed E-state index contributed by atoms with van der Waals surface area (Å²) in [4.78, 5) is 0.239. The van der Waals surface area contributed by atoms with E-state index in [0.717, 1.165) is 18.4 Å². The van der Waals surface area contributed by atoms with E-state index < -0.39 is 10.0 Å². The lowest BCUT2D eigenvalue weighted by molar-refractivity contribution is 0.320. The predicted molar refractivity (Wildman–Crippen MR) is 99.2 cm³/mol. The standard InChI is InChI=1S/C18H22ClNO4S/c1-23-16-5-2-6-17(14-16)24-13-12-20-25(21,22)18-9-7-15(8-10-18)4-3-11-19/h2,5-10,14,20H,3-4,11-13H2,1H3. The van der Waals surface area contributed by atoms with Crippen LogP contribution in [0.2, 0.25) is 0 Å². The zero-order valence-electron chi connectivity index (χ0n) is 14.1. The summed E-state index contributed by atoms with van der Waals surface area (Å²) < 4.78 is 37.7. The Bertz CT molecular complexity index is 763. The molecule has 0 aromatic heterocycles. The van der Waals surface area contributed by atoms with Crippen LogP contribution in [0.25, 0.3) is 0 Å². The van der Waals surface area contributed by atoms with Gasteiger partial charge >= 0.3 is 0 Å². The summed E-state index contributed by atoms with van der Waals surface area (Å²) >= 11 is 5.66. The zero-order valence-corrected chi connectivity index (χ0v) is 15.6. The maximum absolute atomic E-state index is 12.3. The average Bonchev–Trinajstić information content (AvgIpc) is 2.64. The molecule has 0 fully saturated rings. The lowest BCUT2D eigenvalue weighted by Crippen LogP contribution is -2.28. The van der Waals surface area contributed by atoms with Crippen molar-refractivity contribution in [2.24, 2.45) is 0 Å². The van der Waals surface area contributed by atoms with Crippen molar-refractivity contribution in [3.05, 3.63) is 54.1 Å². The van der Waals surface area contributed by atoms with E-state index in [1.807, 2.05) is 24.3 Å². The Morgan fingerprint density at radius 1 is 1.08 bits per heavy atom. The smallest absolute Gasteiger partial charge is 0.240 e. The summed E-state index contributed by atoms with van der Waals surface area (Å²) in [6.07, 6.45) is 1.71. The van der Waals surface area contributed by atoms with Crippen molar-refractivity contribution in [2.75, 3.05) is 26.1 Å². The molecule has 0 radical (unpaired) electrons.